The summed E-state index contributed by atoms with van der Waals surface area (Å²) in [7, 11) is -1.47. The third kappa shape index (κ3) is 3.46. The molecule has 1 fully saturated rings. The monoisotopic (exact) mass is 425 g/mol. The summed E-state index contributed by atoms with van der Waals surface area (Å²) in [5.74, 6) is 0.697. The predicted octanol–water partition coefficient (Wildman–Crippen LogP) is 3.69. The normalized spacial score (nSPS) is 16.4. The maximum atomic E-state index is 12.9. The molecule has 1 aliphatic rings. The number of aryl methyl sites for hydroxylation is 1. The lowest BCUT2D eigenvalue weighted by Gasteiger charge is -2.31. The Morgan fingerprint density at radius 1 is 1.07 bits per heavy atom. The molecule has 2 aromatic heterocycles. The van der Waals surface area contributed by atoms with E-state index in [4.69, 9.17) is 9.26 Å². The summed E-state index contributed by atoms with van der Waals surface area (Å²) >= 11 is 0. The third-order valence-corrected chi connectivity index (χ3v) is 7.54. The van der Waals surface area contributed by atoms with E-state index in [1.807, 2.05) is 49.6 Å². The highest BCUT2D eigenvalue weighted by atomic mass is 32.2. The summed E-state index contributed by atoms with van der Waals surface area (Å²) in [6.07, 6.45) is 3.32. The van der Waals surface area contributed by atoms with Gasteiger partial charge in [-0.3, -0.25) is 0 Å². The first-order valence-corrected chi connectivity index (χ1v) is 11.6. The zero-order valence-electron chi connectivity index (χ0n) is 16.7. The van der Waals surface area contributed by atoms with Crippen molar-refractivity contribution in [1.29, 1.82) is 0 Å². The molecule has 0 N–H and O–H groups in total. The summed E-state index contributed by atoms with van der Waals surface area (Å²) < 4.78 is 41.0. The number of para-hydroxylation sites is 1. The molecule has 3 heterocycles. The molecular weight excluding hydrogens is 402 g/mol. The Kier molecular flexibility index (Phi) is 4.75. The van der Waals surface area contributed by atoms with Crippen molar-refractivity contribution < 1.29 is 17.7 Å². The first-order chi connectivity index (χ1) is 14.5. The number of rotatable bonds is 5. The molecule has 1 aliphatic heterocycles. The van der Waals surface area contributed by atoms with Gasteiger partial charge >= 0.3 is 0 Å². The van der Waals surface area contributed by atoms with E-state index >= 15 is 0 Å². The van der Waals surface area contributed by atoms with Gasteiger partial charge < -0.3 is 13.8 Å². The summed E-state index contributed by atoms with van der Waals surface area (Å²) in [5.41, 5.74) is 2.18. The molecule has 0 radical (unpaired) electrons. The van der Waals surface area contributed by atoms with Crippen LogP contribution in [0.15, 0.2) is 59.3 Å². The number of hydrogen-bond donors (Lipinski definition) is 0. The van der Waals surface area contributed by atoms with Crippen molar-refractivity contribution in [2.45, 2.75) is 24.7 Å². The third-order valence-electron chi connectivity index (χ3n) is 5.75. The average molecular weight is 426 g/mol. The smallest absolute Gasteiger partial charge is 0.220 e. The molecule has 0 atom stereocenters. The van der Waals surface area contributed by atoms with Crippen LogP contribution in [0.3, 0.4) is 0 Å². The molecule has 5 rings (SSSR count). The maximum absolute atomic E-state index is 12.9. The molecule has 2 aromatic carbocycles. The van der Waals surface area contributed by atoms with Crippen LogP contribution in [0.2, 0.25) is 0 Å². The number of aromatic nitrogens is 2. The van der Waals surface area contributed by atoms with Crippen LogP contribution in [-0.2, 0) is 22.8 Å². The van der Waals surface area contributed by atoms with E-state index in [9.17, 15) is 8.42 Å². The molecule has 0 spiro atoms. The zero-order valence-corrected chi connectivity index (χ0v) is 17.5. The number of piperidine rings is 1. The van der Waals surface area contributed by atoms with Crippen LogP contribution < -0.4 is 4.74 Å². The lowest BCUT2D eigenvalue weighted by Crippen LogP contribution is -2.42. The second-order valence-corrected chi connectivity index (χ2v) is 9.68. The van der Waals surface area contributed by atoms with Gasteiger partial charge in [-0.25, -0.2) is 12.7 Å². The van der Waals surface area contributed by atoms with Crippen LogP contribution in [0.1, 0.15) is 18.5 Å². The molecule has 7 nitrogen and oxygen atoms in total. The van der Waals surface area contributed by atoms with E-state index < -0.39 is 10.0 Å². The van der Waals surface area contributed by atoms with Crippen LogP contribution in [-0.4, -0.2) is 41.6 Å². The summed E-state index contributed by atoms with van der Waals surface area (Å²) in [6.45, 7) is 0.876. The summed E-state index contributed by atoms with van der Waals surface area (Å²) in [4.78, 5) is 0. The van der Waals surface area contributed by atoms with E-state index in [-0.39, 0.29) is 11.9 Å². The van der Waals surface area contributed by atoms with Crippen LogP contribution in [0, 0.1) is 0 Å². The zero-order chi connectivity index (χ0) is 20.7. The van der Waals surface area contributed by atoms with E-state index in [1.165, 1.54) is 0 Å². The van der Waals surface area contributed by atoms with Gasteiger partial charge in [-0.15, -0.1) is 0 Å². The van der Waals surface area contributed by atoms with Crippen LogP contribution in [0.25, 0.3) is 21.9 Å². The van der Waals surface area contributed by atoms with Crippen molar-refractivity contribution in [1.82, 2.24) is 14.0 Å². The van der Waals surface area contributed by atoms with Crippen LogP contribution in [0.4, 0.5) is 0 Å². The van der Waals surface area contributed by atoms with Crippen molar-refractivity contribution in [3.8, 4) is 5.75 Å². The second-order valence-electron chi connectivity index (χ2n) is 7.71. The highest BCUT2D eigenvalue weighted by molar-refractivity contribution is 7.88. The Balaban J connectivity index is 1.26. The Hall–Kier alpha value is -2.84. The number of ether oxygens (including phenoxy) is 1. The van der Waals surface area contributed by atoms with E-state index in [2.05, 4.69) is 15.8 Å². The molecule has 0 bridgehead atoms. The van der Waals surface area contributed by atoms with E-state index in [1.54, 1.807) is 10.4 Å². The quantitative estimate of drug-likeness (QED) is 0.487. The minimum Gasteiger partial charge on any atom is -0.490 e. The fourth-order valence-electron chi connectivity index (χ4n) is 4.09. The highest BCUT2D eigenvalue weighted by Gasteiger charge is 2.30. The fraction of sp³-hybridized carbons (Fsp3) is 0.318. The van der Waals surface area contributed by atoms with Gasteiger partial charge in [-0.05, 0) is 43.2 Å². The van der Waals surface area contributed by atoms with Crippen molar-refractivity contribution in [2.75, 3.05) is 13.1 Å². The largest absolute Gasteiger partial charge is 0.490 e. The van der Waals surface area contributed by atoms with Crippen LogP contribution in [0.5, 0.6) is 5.75 Å². The molecule has 30 heavy (non-hydrogen) atoms. The standard InChI is InChI=1S/C22H23N3O4S/c1-24-12-11-18-20(24)6-4-8-21(18)28-16-9-13-25(14-10-16)30(26,27)15-19-17-5-2-3-7-22(17)29-23-19/h2-8,11-12,16H,9-10,13-15H2,1H3. The Morgan fingerprint density at radius 3 is 2.70 bits per heavy atom. The molecule has 0 unspecified atom stereocenters. The van der Waals surface area contributed by atoms with E-state index in [0.717, 1.165) is 22.0 Å². The molecule has 156 valence electrons. The lowest BCUT2D eigenvalue weighted by molar-refractivity contribution is 0.136. The number of fused-ring (bicyclic) bond motifs is 2. The first-order valence-electron chi connectivity index (χ1n) is 10.0. The summed E-state index contributed by atoms with van der Waals surface area (Å²) in [5, 5.41) is 5.79. The molecule has 8 heteroatoms. The maximum Gasteiger partial charge on any atom is 0.220 e. The topological polar surface area (TPSA) is 77.6 Å². The van der Waals surface area contributed by atoms with E-state index in [0.29, 0.717) is 37.2 Å². The molecule has 0 saturated carbocycles. The molecule has 0 aliphatic carbocycles. The SMILES string of the molecule is Cn1ccc2c(OC3CCN(S(=O)(=O)Cc4noc5ccccc45)CC3)cccc21. The minimum absolute atomic E-state index is 0.00450. The fourth-order valence-corrected chi connectivity index (χ4v) is 5.59. The molecule has 4 aromatic rings. The van der Waals surface area contributed by atoms with Gasteiger partial charge in [0.1, 0.15) is 23.3 Å². The minimum atomic E-state index is -3.47. The summed E-state index contributed by atoms with van der Waals surface area (Å²) in [6, 6.07) is 15.4. The van der Waals surface area contributed by atoms with Gasteiger partial charge in [-0.2, -0.15) is 0 Å². The molecular formula is C22H23N3O4S. The Labute approximate surface area is 174 Å². The lowest BCUT2D eigenvalue weighted by atomic mass is 10.1. The highest BCUT2D eigenvalue weighted by Crippen LogP contribution is 2.29. The Morgan fingerprint density at radius 2 is 1.87 bits per heavy atom. The average Bonchev–Trinajstić information content (AvgIpc) is 3.33. The number of nitrogens with zero attached hydrogens (tertiary/aromatic N) is 3. The molecule has 1 saturated heterocycles. The number of sulfonamides is 1. The van der Waals surface area contributed by atoms with Gasteiger partial charge in [0.2, 0.25) is 10.0 Å². The molecule has 0 amide bonds. The van der Waals surface area contributed by atoms with Crippen molar-refractivity contribution >= 4 is 31.9 Å². The van der Waals surface area contributed by atoms with Crippen LogP contribution >= 0.6 is 0 Å². The Bertz CT molecular complexity index is 1300. The van der Waals surface area contributed by atoms with Gasteiger partial charge in [0, 0.05) is 37.1 Å². The number of benzene rings is 2. The van der Waals surface area contributed by atoms with Gasteiger partial charge in [0.15, 0.2) is 5.58 Å². The number of hydrogen-bond acceptors (Lipinski definition) is 5. The van der Waals surface area contributed by atoms with Crippen molar-refractivity contribution in [3.63, 3.8) is 0 Å². The van der Waals surface area contributed by atoms with Gasteiger partial charge in [0.05, 0.1) is 5.52 Å². The van der Waals surface area contributed by atoms with Crippen molar-refractivity contribution in [2.24, 2.45) is 7.05 Å². The predicted molar refractivity (Wildman–Crippen MR) is 115 cm³/mol. The van der Waals surface area contributed by atoms with Gasteiger partial charge in [0.25, 0.3) is 0 Å². The first kappa shape index (κ1) is 19.1. The second kappa shape index (κ2) is 7.45. The van der Waals surface area contributed by atoms with Gasteiger partial charge in [-0.1, -0.05) is 23.4 Å². The van der Waals surface area contributed by atoms with Crippen molar-refractivity contribution in [3.05, 3.63) is 60.4 Å².